The molecule has 0 saturated carbocycles. The van der Waals surface area contributed by atoms with Gasteiger partial charge in [0.2, 0.25) is 5.91 Å². The van der Waals surface area contributed by atoms with E-state index in [0.29, 0.717) is 35.9 Å². The lowest BCUT2D eigenvalue weighted by atomic mass is 10.1. The zero-order valence-corrected chi connectivity index (χ0v) is 20.5. The number of aryl methyl sites for hydroxylation is 1. The Hall–Kier alpha value is -4.18. The van der Waals surface area contributed by atoms with Gasteiger partial charge in [0, 0.05) is 20.2 Å². The number of furan rings is 1. The second-order valence-electron chi connectivity index (χ2n) is 8.24. The quantitative estimate of drug-likeness (QED) is 0.321. The number of carbonyl (C=O) groups excluding carboxylic acids is 2. The second-order valence-corrected chi connectivity index (χ2v) is 8.24. The molecule has 0 spiro atoms. The minimum Gasteiger partial charge on any atom is -0.497 e. The van der Waals surface area contributed by atoms with Gasteiger partial charge in [-0.1, -0.05) is 29.5 Å². The van der Waals surface area contributed by atoms with Crippen LogP contribution >= 0.6 is 0 Å². The molecule has 36 heavy (non-hydrogen) atoms. The van der Waals surface area contributed by atoms with E-state index in [9.17, 15) is 9.59 Å². The Kier molecular flexibility index (Phi) is 7.96. The molecule has 2 heterocycles. The second kappa shape index (κ2) is 11.5. The van der Waals surface area contributed by atoms with E-state index in [0.717, 1.165) is 11.1 Å². The highest BCUT2D eigenvalue weighted by Gasteiger charge is 2.34. The molecule has 10 heteroatoms. The van der Waals surface area contributed by atoms with Gasteiger partial charge in [-0.15, -0.1) is 5.10 Å². The maximum atomic E-state index is 13.8. The third-order valence-corrected chi connectivity index (χ3v) is 5.71. The van der Waals surface area contributed by atoms with Crippen LogP contribution in [0.4, 0.5) is 0 Å². The molecule has 10 nitrogen and oxygen atoms in total. The monoisotopic (exact) mass is 491 g/mol. The topological polar surface area (TPSA) is 112 Å². The number of hydrogen-bond acceptors (Lipinski definition) is 7. The van der Waals surface area contributed by atoms with E-state index in [1.807, 2.05) is 48.5 Å². The van der Waals surface area contributed by atoms with Crippen molar-refractivity contribution in [3.8, 4) is 5.75 Å². The van der Waals surface area contributed by atoms with Crippen LogP contribution in [0.5, 0.6) is 5.75 Å². The lowest BCUT2D eigenvalue weighted by Gasteiger charge is -2.30. The minimum absolute atomic E-state index is 0.105. The van der Waals surface area contributed by atoms with E-state index in [2.05, 4.69) is 15.6 Å². The number of rotatable bonds is 11. The number of aromatic nitrogens is 3. The van der Waals surface area contributed by atoms with Gasteiger partial charge >= 0.3 is 0 Å². The minimum atomic E-state index is -1.01. The average molecular weight is 492 g/mol. The third kappa shape index (κ3) is 5.72. The number of para-hydroxylation sites is 1. The molecule has 0 aliphatic rings. The van der Waals surface area contributed by atoms with Crippen LogP contribution in [0, 0.1) is 6.92 Å². The van der Waals surface area contributed by atoms with Crippen LogP contribution in [-0.4, -0.2) is 59.1 Å². The molecule has 0 aliphatic carbocycles. The van der Waals surface area contributed by atoms with Gasteiger partial charge in [0.1, 0.15) is 29.3 Å². The Morgan fingerprint density at radius 3 is 2.69 bits per heavy atom. The molecule has 2 amide bonds. The number of nitrogens with one attached hydrogen (secondary N) is 1. The van der Waals surface area contributed by atoms with Crippen molar-refractivity contribution in [1.29, 1.82) is 0 Å². The van der Waals surface area contributed by atoms with Crippen LogP contribution in [0.15, 0.2) is 65.1 Å². The van der Waals surface area contributed by atoms with Gasteiger partial charge in [-0.05, 0) is 48.9 Å². The summed E-state index contributed by atoms with van der Waals surface area (Å²) in [6.07, 6.45) is 0. The van der Waals surface area contributed by atoms with Gasteiger partial charge < -0.3 is 24.1 Å². The number of amides is 2. The Morgan fingerprint density at radius 1 is 1.11 bits per heavy atom. The van der Waals surface area contributed by atoms with Gasteiger partial charge in [-0.2, -0.15) is 0 Å². The number of nitrogens with zero attached hydrogens (tertiary/aromatic N) is 4. The third-order valence-electron chi connectivity index (χ3n) is 5.71. The molecule has 188 valence electrons. The van der Waals surface area contributed by atoms with Crippen molar-refractivity contribution >= 4 is 22.8 Å². The first-order chi connectivity index (χ1) is 17.5. The fourth-order valence-electron chi connectivity index (χ4n) is 3.94. The predicted octanol–water partition coefficient (Wildman–Crippen LogP) is 2.87. The zero-order chi connectivity index (χ0) is 25.5. The molecule has 0 bridgehead atoms. The molecule has 1 N–H and O–H groups in total. The maximum Gasteiger partial charge on any atom is 0.250 e. The molecule has 0 unspecified atom stereocenters. The van der Waals surface area contributed by atoms with E-state index >= 15 is 0 Å². The highest BCUT2D eigenvalue weighted by molar-refractivity contribution is 5.88. The van der Waals surface area contributed by atoms with Gasteiger partial charge in [0.15, 0.2) is 6.04 Å². The molecule has 2 aromatic heterocycles. The van der Waals surface area contributed by atoms with Crippen LogP contribution < -0.4 is 10.1 Å². The van der Waals surface area contributed by atoms with Crippen LogP contribution in [0.2, 0.25) is 0 Å². The number of ether oxygens (including phenoxy) is 2. The lowest BCUT2D eigenvalue weighted by molar-refractivity contribution is -0.143. The van der Waals surface area contributed by atoms with Crippen molar-refractivity contribution < 1.29 is 23.5 Å². The molecule has 0 fully saturated rings. The van der Waals surface area contributed by atoms with E-state index in [4.69, 9.17) is 13.9 Å². The summed E-state index contributed by atoms with van der Waals surface area (Å²) in [5.74, 6) is 0.950. The summed E-state index contributed by atoms with van der Waals surface area (Å²) in [6.45, 7) is 2.46. The molecule has 4 aromatic rings. The first-order valence-electron chi connectivity index (χ1n) is 11.5. The summed E-state index contributed by atoms with van der Waals surface area (Å²) in [6, 6.07) is 17.2. The summed E-state index contributed by atoms with van der Waals surface area (Å²) in [7, 11) is 3.14. The summed E-state index contributed by atoms with van der Waals surface area (Å²) in [4.78, 5) is 28.7. The molecule has 2 aromatic carbocycles. The fraction of sp³-hybridized carbons (Fsp3) is 0.308. The van der Waals surface area contributed by atoms with E-state index in [1.54, 1.807) is 33.3 Å². The van der Waals surface area contributed by atoms with Gasteiger partial charge in [-0.25, -0.2) is 4.68 Å². The maximum absolute atomic E-state index is 13.8. The normalized spacial score (nSPS) is 11.9. The van der Waals surface area contributed by atoms with Crippen LogP contribution in [0.3, 0.4) is 0 Å². The highest BCUT2D eigenvalue weighted by atomic mass is 16.5. The van der Waals surface area contributed by atoms with E-state index < -0.39 is 6.04 Å². The first kappa shape index (κ1) is 24.9. The molecule has 0 saturated heterocycles. The van der Waals surface area contributed by atoms with Crippen molar-refractivity contribution in [1.82, 2.24) is 25.2 Å². The number of methoxy groups -OCH3 is 2. The van der Waals surface area contributed by atoms with Crippen molar-refractivity contribution in [2.45, 2.75) is 26.1 Å². The van der Waals surface area contributed by atoms with Crippen molar-refractivity contribution in [2.24, 2.45) is 0 Å². The largest absolute Gasteiger partial charge is 0.497 e. The molecular formula is C26H29N5O5. The number of hydrogen-bond donors (Lipinski definition) is 1. The number of carbonyl (C=O) groups is 2. The van der Waals surface area contributed by atoms with Crippen molar-refractivity contribution in [3.63, 3.8) is 0 Å². The smallest absolute Gasteiger partial charge is 0.250 e. The van der Waals surface area contributed by atoms with Gasteiger partial charge in [0.05, 0.1) is 19.2 Å². The average Bonchev–Trinajstić information content (AvgIpc) is 3.50. The number of fused-ring (bicyclic) bond motifs is 1. The van der Waals surface area contributed by atoms with Crippen LogP contribution in [0.1, 0.15) is 23.1 Å². The van der Waals surface area contributed by atoms with E-state index in [-0.39, 0.29) is 24.9 Å². The lowest BCUT2D eigenvalue weighted by Crippen LogP contribution is -2.45. The summed E-state index contributed by atoms with van der Waals surface area (Å²) in [5.41, 5.74) is 2.20. The highest BCUT2D eigenvalue weighted by Crippen LogP contribution is 2.27. The van der Waals surface area contributed by atoms with Crippen molar-refractivity contribution in [3.05, 3.63) is 77.7 Å². The Bertz CT molecular complexity index is 1330. The zero-order valence-electron chi connectivity index (χ0n) is 20.5. The van der Waals surface area contributed by atoms with Gasteiger partial charge in [0.25, 0.3) is 5.91 Å². The van der Waals surface area contributed by atoms with Crippen LogP contribution in [0.25, 0.3) is 11.0 Å². The van der Waals surface area contributed by atoms with Gasteiger partial charge in [-0.3, -0.25) is 9.59 Å². The number of benzene rings is 2. The Morgan fingerprint density at radius 2 is 1.94 bits per heavy atom. The van der Waals surface area contributed by atoms with Crippen LogP contribution in [-0.2, 0) is 27.4 Å². The molecule has 0 radical (unpaired) electrons. The van der Waals surface area contributed by atoms with E-state index in [1.165, 1.54) is 9.58 Å². The Balaban J connectivity index is 1.71. The standard InChI is InChI=1S/C26H29N5O5/c1-18-11-12-23(36-18)25(26(33)27-13-14-34-2)30(16-19-7-6-8-20(15-19)35-3)24(32)17-31-22-10-5-4-9-21(22)28-29-31/h4-12,15,25H,13-14,16-17H2,1-3H3,(H,27,33)/t25-/m0/s1. The summed E-state index contributed by atoms with van der Waals surface area (Å²) in [5, 5.41) is 11.1. The molecule has 1 atom stereocenters. The fourth-order valence-corrected chi connectivity index (χ4v) is 3.94. The summed E-state index contributed by atoms with van der Waals surface area (Å²) < 4.78 is 17.8. The summed E-state index contributed by atoms with van der Waals surface area (Å²) >= 11 is 0. The Labute approximate surface area is 208 Å². The first-order valence-corrected chi connectivity index (χ1v) is 11.5. The molecule has 0 aliphatic heterocycles. The predicted molar refractivity (Wildman–Crippen MR) is 132 cm³/mol. The molecular weight excluding hydrogens is 462 g/mol. The van der Waals surface area contributed by atoms with Crippen molar-refractivity contribution in [2.75, 3.05) is 27.4 Å². The SMILES string of the molecule is COCCNC(=O)[C@H](c1ccc(C)o1)N(Cc1cccc(OC)c1)C(=O)Cn1nnc2ccccc21. The molecule has 4 rings (SSSR count).